The van der Waals surface area contributed by atoms with Crippen molar-refractivity contribution in [3.8, 4) is 28.8 Å². The van der Waals surface area contributed by atoms with Crippen LogP contribution in [0, 0.1) is 11.3 Å². The molecule has 0 amide bonds. The molecule has 164 valence electrons. The SMILES string of the molecule is COc1ccc(-c2nc(SC)nc(N3CCN(c4ncccn4)CC3)c2C#N)cc1OC. The minimum atomic E-state index is 0.444. The highest BCUT2D eigenvalue weighted by atomic mass is 32.2. The van der Waals surface area contributed by atoms with Gasteiger partial charge in [-0.15, -0.1) is 0 Å². The van der Waals surface area contributed by atoms with Crippen molar-refractivity contribution < 1.29 is 9.47 Å². The maximum absolute atomic E-state index is 10.1. The average Bonchev–Trinajstić information content (AvgIpc) is 2.88. The number of hydrogen-bond acceptors (Lipinski definition) is 10. The van der Waals surface area contributed by atoms with Crippen LogP contribution in [0.15, 0.2) is 41.8 Å². The summed E-state index contributed by atoms with van der Waals surface area (Å²) in [5.74, 6) is 2.56. The normalized spacial score (nSPS) is 13.6. The van der Waals surface area contributed by atoms with Crippen LogP contribution in [0.3, 0.4) is 0 Å². The number of nitriles is 1. The van der Waals surface area contributed by atoms with Gasteiger partial charge in [-0.05, 0) is 30.5 Å². The quantitative estimate of drug-likeness (QED) is 0.412. The number of benzene rings is 1. The molecule has 1 saturated heterocycles. The van der Waals surface area contributed by atoms with Crippen LogP contribution in [0.5, 0.6) is 11.5 Å². The molecule has 0 atom stereocenters. The van der Waals surface area contributed by atoms with E-state index >= 15 is 0 Å². The summed E-state index contributed by atoms with van der Waals surface area (Å²) in [6, 6.07) is 9.66. The summed E-state index contributed by atoms with van der Waals surface area (Å²) in [7, 11) is 3.18. The second-order valence-corrected chi connectivity index (χ2v) is 7.74. The lowest BCUT2D eigenvalue weighted by Gasteiger charge is -2.35. The Bertz CT molecular complexity index is 1130. The van der Waals surface area contributed by atoms with E-state index in [0.717, 1.165) is 18.7 Å². The largest absolute Gasteiger partial charge is 0.493 e. The molecule has 10 heteroatoms. The zero-order valence-electron chi connectivity index (χ0n) is 18.1. The van der Waals surface area contributed by atoms with Gasteiger partial charge in [0.1, 0.15) is 11.6 Å². The Hall–Kier alpha value is -3.58. The third-order valence-corrected chi connectivity index (χ3v) is 5.78. The molecule has 3 heterocycles. The minimum Gasteiger partial charge on any atom is -0.493 e. The van der Waals surface area contributed by atoms with Gasteiger partial charge in [-0.3, -0.25) is 0 Å². The second-order valence-electron chi connectivity index (χ2n) is 6.96. The van der Waals surface area contributed by atoms with E-state index in [1.807, 2.05) is 24.5 Å². The van der Waals surface area contributed by atoms with E-state index in [0.29, 0.717) is 52.8 Å². The van der Waals surface area contributed by atoms with E-state index in [4.69, 9.17) is 14.5 Å². The Kier molecular flexibility index (Phi) is 6.56. The fraction of sp³-hybridized carbons (Fsp3) is 0.318. The van der Waals surface area contributed by atoms with Crippen LogP contribution in [-0.4, -0.2) is 66.6 Å². The van der Waals surface area contributed by atoms with Crippen LogP contribution >= 0.6 is 11.8 Å². The van der Waals surface area contributed by atoms with Gasteiger partial charge in [0.05, 0.1) is 19.9 Å². The lowest BCUT2D eigenvalue weighted by Crippen LogP contribution is -2.47. The monoisotopic (exact) mass is 449 g/mol. The summed E-state index contributed by atoms with van der Waals surface area (Å²) < 4.78 is 10.8. The predicted molar refractivity (Wildman–Crippen MR) is 124 cm³/mol. The van der Waals surface area contributed by atoms with Gasteiger partial charge < -0.3 is 19.3 Å². The molecule has 0 radical (unpaired) electrons. The zero-order valence-corrected chi connectivity index (χ0v) is 19.0. The molecular weight excluding hydrogens is 426 g/mol. The summed E-state index contributed by atoms with van der Waals surface area (Å²) >= 11 is 1.45. The van der Waals surface area contributed by atoms with Crippen LogP contribution in [0.25, 0.3) is 11.3 Å². The summed E-state index contributed by atoms with van der Waals surface area (Å²) in [5, 5.41) is 10.7. The van der Waals surface area contributed by atoms with E-state index in [1.54, 1.807) is 32.7 Å². The second kappa shape index (κ2) is 9.70. The molecule has 0 saturated carbocycles. The summed E-state index contributed by atoms with van der Waals surface area (Å²) in [4.78, 5) is 22.3. The van der Waals surface area contributed by atoms with E-state index in [1.165, 1.54) is 11.8 Å². The first-order valence-electron chi connectivity index (χ1n) is 10.0. The van der Waals surface area contributed by atoms with Crippen molar-refractivity contribution in [2.75, 3.05) is 56.5 Å². The number of methoxy groups -OCH3 is 2. The third kappa shape index (κ3) is 4.24. The van der Waals surface area contributed by atoms with E-state index in [-0.39, 0.29) is 0 Å². The molecule has 2 aromatic heterocycles. The lowest BCUT2D eigenvalue weighted by molar-refractivity contribution is 0.355. The third-order valence-electron chi connectivity index (χ3n) is 5.23. The highest BCUT2D eigenvalue weighted by Gasteiger charge is 2.25. The van der Waals surface area contributed by atoms with Crippen molar-refractivity contribution in [2.24, 2.45) is 0 Å². The smallest absolute Gasteiger partial charge is 0.225 e. The number of hydrogen-bond donors (Lipinski definition) is 0. The molecule has 0 bridgehead atoms. The number of aromatic nitrogens is 4. The van der Waals surface area contributed by atoms with Crippen LogP contribution in [-0.2, 0) is 0 Å². The van der Waals surface area contributed by atoms with Gasteiger partial charge in [0.15, 0.2) is 22.5 Å². The highest BCUT2D eigenvalue weighted by Crippen LogP contribution is 2.36. The molecule has 1 aliphatic heterocycles. The molecule has 0 aliphatic carbocycles. The number of ether oxygens (including phenoxy) is 2. The molecule has 0 N–H and O–H groups in total. The minimum absolute atomic E-state index is 0.444. The van der Waals surface area contributed by atoms with Crippen molar-refractivity contribution in [1.82, 2.24) is 19.9 Å². The van der Waals surface area contributed by atoms with Gasteiger partial charge in [0.2, 0.25) is 5.95 Å². The number of piperazine rings is 1. The zero-order chi connectivity index (χ0) is 22.5. The molecular formula is C22H23N7O2S. The number of thioether (sulfide) groups is 1. The van der Waals surface area contributed by atoms with Gasteiger partial charge in [0, 0.05) is 44.1 Å². The van der Waals surface area contributed by atoms with Crippen molar-refractivity contribution >= 4 is 23.5 Å². The number of anilines is 2. The Morgan fingerprint density at radius 3 is 2.28 bits per heavy atom. The molecule has 1 aromatic carbocycles. The summed E-state index contributed by atoms with van der Waals surface area (Å²) in [6.07, 6.45) is 5.41. The molecule has 1 fully saturated rings. The van der Waals surface area contributed by atoms with Crippen molar-refractivity contribution in [2.45, 2.75) is 5.16 Å². The van der Waals surface area contributed by atoms with Crippen LogP contribution in [0.4, 0.5) is 11.8 Å². The van der Waals surface area contributed by atoms with E-state index in [9.17, 15) is 5.26 Å². The predicted octanol–water partition coefficient (Wildman–Crippen LogP) is 2.87. The highest BCUT2D eigenvalue weighted by molar-refractivity contribution is 7.98. The molecule has 32 heavy (non-hydrogen) atoms. The molecule has 9 nitrogen and oxygen atoms in total. The Morgan fingerprint density at radius 1 is 0.969 bits per heavy atom. The average molecular weight is 450 g/mol. The van der Waals surface area contributed by atoms with Crippen LogP contribution in [0.1, 0.15) is 5.56 Å². The molecule has 4 rings (SSSR count). The van der Waals surface area contributed by atoms with Crippen molar-refractivity contribution in [1.29, 1.82) is 5.26 Å². The van der Waals surface area contributed by atoms with Gasteiger partial charge in [0.25, 0.3) is 0 Å². The maximum atomic E-state index is 10.1. The maximum Gasteiger partial charge on any atom is 0.225 e. The lowest BCUT2D eigenvalue weighted by atomic mass is 10.1. The molecule has 3 aromatic rings. The first-order valence-corrected chi connectivity index (χ1v) is 11.3. The fourth-order valence-corrected chi connectivity index (χ4v) is 3.98. The van der Waals surface area contributed by atoms with E-state index in [2.05, 4.69) is 30.8 Å². The molecule has 0 unspecified atom stereocenters. The summed E-state index contributed by atoms with van der Waals surface area (Å²) in [6.45, 7) is 2.87. The van der Waals surface area contributed by atoms with Gasteiger partial charge in [-0.2, -0.15) is 5.26 Å². The van der Waals surface area contributed by atoms with E-state index < -0.39 is 0 Å². The first-order chi connectivity index (χ1) is 15.7. The first kappa shape index (κ1) is 21.6. The number of rotatable bonds is 6. The Morgan fingerprint density at radius 2 is 1.66 bits per heavy atom. The van der Waals surface area contributed by atoms with Gasteiger partial charge >= 0.3 is 0 Å². The topological polar surface area (TPSA) is 100 Å². The molecule has 1 aliphatic rings. The van der Waals surface area contributed by atoms with Crippen molar-refractivity contribution in [3.63, 3.8) is 0 Å². The standard InChI is InChI=1S/C22H23N7O2S/c1-30-17-6-5-15(13-18(17)31-2)19-16(14-23)20(27-22(26-19)32-3)28-9-11-29(12-10-28)21-24-7-4-8-25-21/h4-8,13H,9-12H2,1-3H3. The number of nitrogens with zero attached hydrogens (tertiary/aromatic N) is 7. The fourth-order valence-electron chi connectivity index (χ4n) is 3.62. The molecule has 0 spiro atoms. The van der Waals surface area contributed by atoms with Gasteiger partial charge in [-0.1, -0.05) is 11.8 Å². The van der Waals surface area contributed by atoms with Crippen molar-refractivity contribution in [3.05, 3.63) is 42.2 Å². The Balaban J connectivity index is 1.69. The summed E-state index contributed by atoms with van der Waals surface area (Å²) in [5.41, 5.74) is 1.80. The van der Waals surface area contributed by atoms with Crippen LogP contribution < -0.4 is 19.3 Å². The Labute approximate surface area is 191 Å². The van der Waals surface area contributed by atoms with Gasteiger partial charge in [-0.25, -0.2) is 19.9 Å². The van der Waals surface area contributed by atoms with Crippen LogP contribution in [0.2, 0.25) is 0 Å².